The Labute approximate surface area is 168 Å². The Balaban J connectivity index is 1.64. The molecule has 0 bridgehead atoms. The van der Waals surface area contributed by atoms with Crippen LogP contribution in [-0.2, 0) is 16.1 Å². The largest absolute Gasteiger partial charge is 0.448 e. The molecule has 0 unspecified atom stereocenters. The number of amides is 1. The molecule has 3 aromatic rings. The second kappa shape index (κ2) is 8.80. The number of carbonyl (C=O) groups excluding carboxylic acids is 2. The Morgan fingerprint density at radius 2 is 1.75 bits per heavy atom. The van der Waals surface area contributed by atoms with E-state index in [9.17, 15) is 9.59 Å². The highest BCUT2D eigenvalue weighted by Gasteiger charge is 2.24. The average molecular weight is 394 g/mol. The van der Waals surface area contributed by atoms with E-state index in [-0.39, 0.29) is 5.91 Å². The van der Waals surface area contributed by atoms with Gasteiger partial charge >= 0.3 is 5.97 Å². The molecule has 0 saturated carbocycles. The highest BCUT2D eigenvalue weighted by Crippen LogP contribution is 2.28. The molecule has 0 fully saturated rings. The van der Waals surface area contributed by atoms with Crippen molar-refractivity contribution in [2.24, 2.45) is 0 Å². The van der Waals surface area contributed by atoms with Crippen molar-refractivity contribution in [3.63, 3.8) is 0 Å². The lowest BCUT2D eigenvalue weighted by molar-refractivity contribution is -0.129. The van der Waals surface area contributed by atoms with Gasteiger partial charge in [0.1, 0.15) is 4.88 Å². The van der Waals surface area contributed by atoms with Crippen LogP contribution in [0.25, 0.3) is 11.3 Å². The van der Waals surface area contributed by atoms with E-state index in [1.165, 1.54) is 11.3 Å². The molecule has 5 nitrogen and oxygen atoms in total. The molecule has 0 aliphatic carbocycles. The quantitative estimate of drug-likeness (QED) is 0.634. The van der Waals surface area contributed by atoms with Crippen molar-refractivity contribution in [3.05, 3.63) is 75.6 Å². The number of esters is 1. The van der Waals surface area contributed by atoms with Gasteiger partial charge in [-0.3, -0.25) is 4.79 Å². The molecule has 0 spiro atoms. The first kappa shape index (κ1) is 19.8. The van der Waals surface area contributed by atoms with Gasteiger partial charge in [-0.05, 0) is 26.3 Å². The standard InChI is InChI=1S/C22H22N2O3S/c1-14-9-11-17(12-10-14)13-23-21(25)15(2)27-22(26)20-19(24-16(3)28-20)18-7-5-4-6-8-18/h4-12,15H,13H2,1-3H3,(H,23,25)/t15-/m0/s1. The Morgan fingerprint density at radius 1 is 1.07 bits per heavy atom. The third-order valence-corrected chi connectivity index (χ3v) is 5.16. The minimum absolute atomic E-state index is 0.337. The van der Waals surface area contributed by atoms with Crippen molar-refractivity contribution >= 4 is 23.2 Å². The highest BCUT2D eigenvalue weighted by atomic mass is 32.1. The van der Waals surface area contributed by atoms with Gasteiger partial charge in [0.15, 0.2) is 6.10 Å². The maximum atomic E-state index is 12.6. The summed E-state index contributed by atoms with van der Waals surface area (Å²) in [5, 5.41) is 3.56. The molecule has 2 aromatic carbocycles. The molecule has 1 atom stereocenters. The zero-order valence-electron chi connectivity index (χ0n) is 16.1. The normalized spacial score (nSPS) is 11.7. The Bertz CT molecular complexity index is 965. The number of benzene rings is 2. The molecule has 0 radical (unpaired) electrons. The van der Waals surface area contributed by atoms with Gasteiger partial charge in [-0.25, -0.2) is 9.78 Å². The molecule has 6 heteroatoms. The van der Waals surface area contributed by atoms with Crippen LogP contribution in [0.2, 0.25) is 0 Å². The van der Waals surface area contributed by atoms with Crippen molar-refractivity contribution in [3.8, 4) is 11.3 Å². The topological polar surface area (TPSA) is 68.3 Å². The second-order valence-electron chi connectivity index (χ2n) is 6.53. The first-order valence-corrected chi connectivity index (χ1v) is 9.83. The highest BCUT2D eigenvalue weighted by molar-refractivity contribution is 7.14. The van der Waals surface area contributed by atoms with Crippen molar-refractivity contribution in [1.82, 2.24) is 10.3 Å². The molecule has 28 heavy (non-hydrogen) atoms. The second-order valence-corrected chi connectivity index (χ2v) is 7.73. The van der Waals surface area contributed by atoms with Gasteiger partial charge in [-0.2, -0.15) is 0 Å². The minimum atomic E-state index is -0.899. The van der Waals surface area contributed by atoms with Crippen LogP contribution in [0.1, 0.15) is 32.7 Å². The molecule has 1 amide bonds. The summed E-state index contributed by atoms with van der Waals surface area (Å²) in [6.45, 7) is 5.80. The summed E-state index contributed by atoms with van der Waals surface area (Å²) in [4.78, 5) is 29.8. The van der Waals surface area contributed by atoms with Crippen LogP contribution in [0.5, 0.6) is 0 Å². The van der Waals surface area contributed by atoms with Gasteiger partial charge < -0.3 is 10.1 Å². The molecular weight excluding hydrogens is 372 g/mol. The van der Waals surface area contributed by atoms with Crippen LogP contribution in [0, 0.1) is 13.8 Å². The van der Waals surface area contributed by atoms with Gasteiger partial charge in [0.2, 0.25) is 0 Å². The van der Waals surface area contributed by atoms with E-state index in [0.29, 0.717) is 17.1 Å². The van der Waals surface area contributed by atoms with E-state index < -0.39 is 12.1 Å². The van der Waals surface area contributed by atoms with Crippen molar-refractivity contribution in [2.75, 3.05) is 0 Å². The number of nitrogens with one attached hydrogen (secondary N) is 1. The minimum Gasteiger partial charge on any atom is -0.448 e. The number of ether oxygens (including phenoxy) is 1. The summed E-state index contributed by atoms with van der Waals surface area (Å²) in [5.74, 6) is -0.876. The SMILES string of the molecule is Cc1ccc(CNC(=O)[C@H](C)OC(=O)c2sc(C)nc2-c2ccccc2)cc1. The van der Waals surface area contributed by atoms with E-state index in [1.807, 2.05) is 68.4 Å². The molecule has 0 aliphatic heterocycles. The molecular formula is C22H22N2O3S. The van der Waals surface area contributed by atoms with Gasteiger partial charge in [0, 0.05) is 12.1 Å². The maximum absolute atomic E-state index is 12.6. The number of aromatic nitrogens is 1. The third kappa shape index (κ3) is 4.84. The van der Waals surface area contributed by atoms with Crippen molar-refractivity contribution in [1.29, 1.82) is 0 Å². The fraction of sp³-hybridized carbons (Fsp3) is 0.227. The number of hydrogen-bond acceptors (Lipinski definition) is 5. The lowest BCUT2D eigenvalue weighted by atomic mass is 10.1. The number of thiazole rings is 1. The first-order valence-electron chi connectivity index (χ1n) is 9.01. The van der Waals surface area contributed by atoms with Gasteiger partial charge in [-0.1, -0.05) is 60.2 Å². The summed E-state index contributed by atoms with van der Waals surface area (Å²) < 4.78 is 5.40. The van der Waals surface area contributed by atoms with Crippen LogP contribution in [0.3, 0.4) is 0 Å². The van der Waals surface area contributed by atoms with Crippen LogP contribution in [-0.4, -0.2) is 23.0 Å². The molecule has 144 valence electrons. The van der Waals surface area contributed by atoms with Crippen molar-refractivity contribution in [2.45, 2.75) is 33.4 Å². The summed E-state index contributed by atoms with van der Waals surface area (Å²) in [6.07, 6.45) is -0.899. The molecule has 1 aromatic heterocycles. The van der Waals surface area contributed by atoms with E-state index in [4.69, 9.17) is 4.74 Å². The summed E-state index contributed by atoms with van der Waals surface area (Å²) >= 11 is 1.27. The van der Waals surface area contributed by atoms with Crippen LogP contribution < -0.4 is 5.32 Å². The zero-order chi connectivity index (χ0) is 20.1. The summed E-state index contributed by atoms with van der Waals surface area (Å²) in [6, 6.07) is 17.4. The van der Waals surface area contributed by atoms with E-state index in [0.717, 1.165) is 21.7 Å². The molecule has 0 aliphatic rings. The smallest absolute Gasteiger partial charge is 0.351 e. The fourth-order valence-corrected chi connectivity index (χ4v) is 3.49. The molecule has 1 heterocycles. The van der Waals surface area contributed by atoms with Crippen LogP contribution in [0.15, 0.2) is 54.6 Å². The van der Waals surface area contributed by atoms with E-state index >= 15 is 0 Å². The zero-order valence-corrected chi connectivity index (χ0v) is 16.9. The Kier molecular flexibility index (Phi) is 6.21. The number of rotatable bonds is 6. The number of nitrogens with zero attached hydrogens (tertiary/aromatic N) is 1. The lowest BCUT2D eigenvalue weighted by Crippen LogP contribution is -2.35. The average Bonchev–Trinajstić information content (AvgIpc) is 3.10. The van der Waals surface area contributed by atoms with Gasteiger partial charge in [0.25, 0.3) is 5.91 Å². The lowest BCUT2D eigenvalue weighted by Gasteiger charge is -2.13. The van der Waals surface area contributed by atoms with Gasteiger partial charge in [0.05, 0.1) is 10.7 Å². The van der Waals surface area contributed by atoms with Gasteiger partial charge in [-0.15, -0.1) is 11.3 Å². The molecule has 1 N–H and O–H groups in total. The fourth-order valence-electron chi connectivity index (χ4n) is 2.66. The van der Waals surface area contributed by atoms with E-state index in [2.05, 4.69) is 10.3 Å². The summed E-state index contributed by atoms with van der Waals surface area (Å²) in [7, 11) is 0. The third-order valence-electron chi connectivity index (χ3n) is 4.21. The predicted octanol–water partition coefficient (Wildman–Crippen LogP) is 4.29. The number of aryl methyl sites for hydroxylation is 2. The predicted molar refractivity (Wildman–Crippen MR) is 110 cm³/mol. The van der Waals surface area contributed by atoms with E-state index in [1.54, 1.807) is 6.92 Å². The first-order chi connectivity index (χ1) is 13.4. The van der Waals surface area contributed by atoms with Crippen LogP contribution >= 0.6 is 11.3 Å². The number of carbonyl (C=O) groups is 2. The Hall–Kier alpha value is -2.99. The van der Waals surface area contributed by atoms with Crippen LogP contribution in [0.4, 0.5) is 0 Å². The molecule has 3 rings (SSSR count). The summed E-state index contributed by atoms with van der Waals surface area (Å²) in [5.41, 5.74) is 3.57. The number of hydrogen-bond donors (Lipinski definition) is 1. The molecule has 0 saturated heterocycles. The monoisotopic (exact) mass is 394 g/mol. The maximum Gasteiger partial charge on any atom is 0.351 e. The van der Waals surface area contributed by atoms with Crippen molar-refractivity contribution < 1.29 is 14.3 Å². The Morgan fingerprint density at radius 3 is 2.43 bits per heavy atom.